The van der Waals surface area contributed by atoms with Gasteiger partial charge in [0.2, 0.25) is 0 Å². The third-order valence-electron chi connectivity index (χ3n) is 1.80. The van der Waals surface area contributed by atoms with Crippen LogP contribution in [0.25, 0.3) is 0 Å². The van der Waals surface area contributed by atoms with Crippen LogP contribution in [-0.2, 0) is 0 Å². The van der Waals surface area contributed by atoms with Crippen molar-refractivity contribution in [3.8, 4) is 24.0 Å². The van der Waals surface area contributed by atoms with Crippen molar-refractivity contribution in [2.24, 2.45) is 0 Å². The Labute approximate surface area is 96.3 Å². The van der Waals surface area contributed by atoms with Crippen LogP contribution in [0.3, 0.4) is 0 Å². The standard InChI is InChI=1S/C11H5FN4O/c12-8-1-2-9(11(17)3-8)16-10(6-15)7(4-13)5-14/h1-3,16-17H. The van der Waals surface area contributed by atoms with Gasteiger partial charge in [0.1, 0.15) is 35.5 Å². The number of allylic oxidation sites excluding steroid dienone is 2. The second-order valence-corrected chi connectivity index (χ2v) is 2.87. The molecule has 0 aliphatic rings. The van der Waals surface area contributed by atoms with Crippen molar-refractivity contribution < 1.29 is 9.50 Å². The number of rotatable bonds is 2. The highest BCUT2D eigenvalue weighted by molar-refractivity contribution is 5.63. The summed E-state index contributed by atoms with van der Waals surface area (Å²) >= 11 is 0. The molecule has 0 bridgehead atoms. The lowest BCUT2D eigenvalue weighted by Gasteiger charge is -2.06. The molecule has 0 unspecified atom stereocenters. The number of nitriles is 3. The van der Waals surface area contributed by atoms with E-state index in [0.29, 0.717) is 0 Å². The highest BCUT2D eigenvalue weighted by Gasteiger charge is 2.09. The lowest BCUT2D eigenvalue weighted by Crippen LogP contribution is -2.00. The molecule has 82 valence electrons. The second-order valence-electron chi connectivity index (χ2n) is 2.87. The maximum absolute atomic E-state index is 12.7. The normalized spacial score (nSPS) is 8.35. The van der Waals surface area contributed by atoms with Gasteiger partial charge < -0.3 is 10.4 Å². The zero-order valence-corrected chi connectivity index (χ0v) is 8.40. The number of benzene rings is 1. The van der Waals surface area contributed by atoms with Gasteiger partial charge in [-0.2, -0.15) is 15.8 Å². The number of halogens is 1. The van der Waals surface area contributed by atoms with E-state index in [9.17, 15) is 9.50 Å². The van der Waals surface area contributed by atoms with E-state index in [4.69, 9.17) is 15.8 Å². The highest BCUT2D eigenvalue weighted by Crippen LogP contribution is 2.25. The topological polar surface area (TPSA) is 104 Å². The number of nitrogens with one attached hydrogen (secondary N) is 1. The number of anilines is 1. The molecule has 0 amide bonds. The fourth-order valence-electron chi connectivity index (χ4n) is 1.03. The van der Waals surface area contributed by atoms with Crippen LogP contribution in [0.5, 0.6) is 5.75 Å². The van der Waals surface area contributed by atoms with Gasteiger partial charge in [-0.05, 0) is 12.1 Å². The molecule has 0 fully saturated rings. The van der Waals surface area contributed by atoms with Crippen molar-refractivity contribution >= 4 is 5.69 Å². The molecule has 1 aromatic rings. The third kappa shape index (κ3) is 2.71. The Morgan fingerprint density at radius 3 is 2.29 bits per heavy atom. The Balaban J connectivity index is 3.16. The third-order valence-corrected chi connectivity index (χ3v) is 1.80. The molecule has 1 rings (SSSR count). The number of phenols is 1. The molecule has 5 nitrogen and oxygen atoms in total. The number of nitrogens with zero attached hydrogens (tertiary/aromatic N) is 3. The van der Waals surface area contributed by atoms with Crippen LogP contribution >= 0.6 is 0 Å². The van der Waals surface area contributed by atoms with Crippen LogP contribution in [0.2, 0.25) is 0 Å². The van der Waals surface area contributed by atoms with E-state index in [1.54, 1.807) is 6.07 Å². The molecule has 0 aliphatic heterocycles. The van der Waals surface area contributed by atoms with Crippen molar-refractivity contribution in [2.45, 2.75) is 0 Å². The van der Waals surface area contributed by atoms with E-state index in [1.807, 2.05) is 0 Å². The molecule has 0 atom stereocenters. The molecule has 0 aliphatic carbocycles. The summed E-state index contributed by atoms with van der Waals surface area (Å²) in [6, 6.07) is 7.77. The van der Waals surface area contributed by atoms with Crippen molar-refractivity contribution in [3.63, 3.8) is 0 Å². The minimum Gasteiger partial charge on any atom is -0.506 e. The molecule has 0 saturated heterocycles. The number of hydrogen-bond donors (Lipinski definition) is 2. The van der Waals surface area contributed by atoms with Gasteiger partial charge in [-0.1, -0.05) is 0 Å². The molecule has 0 saturated carbocycles. The van der Waals surface area contributed by atoms with E-state index in [-0.39, 0.29) is 11.4 Å². The van der Waals surface area contributed by atoms with E-state index in [2.05, 4.69) is 5.32 Å². The van der Waals surface area contributed by atoms with Gasteiger partial charge in [0.05, 0.1) is 5.69 Å². The second kappa shape index (κ2) is 5.16. The molecular weight excluding hydrogens is 223 g/mol. The summed E-state index contributed by atoms with van der Waals surface area (Å²) in [4.78, 5) is 0. The summed E-state index contributed by atoms with van der Waals surface area (Å²) in [5.74, 6) is -1.07. The smallest absolute Gasteiger partial charge is 0.163 e. The summed E-state index contributed by atoms with van der Waals surface area (Å²) in [5.41, 5.74) is -0.695. The predicted octanol–water partition coefficient (Wildman–Crippen LogP) is 1.77. The minimum atomic E-state index is -0.642. The lowest BCUT2D eigenvalue weighted by atomic mass is 10.2. The van der Waals surface area contributed by atoms with Crippen molar-refractivity contribution in [3.05, 3.63) is 35.3 Å². The van der Waals surface area contributed by atoms with E-state index in [1.165, 1.54) is 18.2 Å². The van der Waals surface area contributed by atoms with Gasteiger partial charge in [-0.15, -0.1) is 0 Å². The number of hydrogen-bond acceptors (Lipinski definition) is 5. The summed E-state index contributed by atoms with van der Waals surface area (Å²) in [6.45, 7) is 0. The van der Waals surface area contributed by atoms with Crippen LogP contribution < -0.4 is 5.32 Å². The van der Waals surface area contributed by atoms with Crippen LogP contribution in [0.15, 0.2) is 29.5 Å². The SMILES string of the molecule is N#CC(C#N)=C(C#N)Nc1ccc(F)cc1O. The van der Waals surface area contributed by atoms with Crippen molar-refractivity contribution in [1.82, 2.24) is 0 Å². The Morgan fingerprint density at radius 1 is 1.18 bits per heavy atom. The Kier molecular flexibility index (Phi) is 3.65. The number of aromatic hydroxyl groups is 1. The molecule has 0 aromatic heterocycles. The number of phenolic OH excluding ortho intramolecular Hbond substituents is 1. The van der Waals surface area contributed by atoms with Crippen LogP contribution in [0.1, 0.15) is 0 Å². The van der Waals surface area contributed by atoms with Crippen LogP contribution in [-0.4, -0.2) is 5.11 Å². The van der Waals surface area contributed by atoms with E-state index in [0.717, 1.165) is 12.1 Å². The first-order chi connectivity index (χ1) is 8.12. The van der Waals surface area contributed by atoms with E-state index < -0.39 is 17.1 Å². The Hall–Kier alpha value is -3.04. The van der Waals surface area contributed by atoms with Crippen molar-refractivity contribution in [1.29, 1.82) is 15.8 Å². The maximum Gasteiger partial charge on any atom is 0.163 e. The minimum absolute atomic E-state index is 0.0333. The summed E-state index contributed by atoms with van der Waals surface area (Å²) < 4.78 is 12.7. The summed E-state index contributed by atoms with van der Waals surface area (Å²) in [6.07, 6.45) is 0. The molecule has 6 heteroatoms. The molecule has 1 aromatic carbocycles. The zero-order chi connectivity index (χ0) is 12.8. The lowest BCUT2D eigenvalue weighted by molar-refractivity contribution is 0.471. The zero-order valence-electron chi connectivity index (χ0n) is 8.40. The van der Waals surface area contributed by atoms with Gasteiger partial charge in [-0.3, -0.25) is 0 Å². The maximum atomic E-state index is 12.7. The first kappa shape index (κ1) is 12.0. The fourth-order valence-corrected chi connectivity index (χ4v) is 1.03. The molecule has 17 heavy (non-hydrogen) atoms. The van der Waals surface area contributed by atoms with Crippen molar-refractivity contribution in [2.75, 3.05) is 5.32 Å². The van der Waals surface area contributed by atoms with Gasteiger partial charge in [-0.25, -0.2) is 4.39 Å². The Bertz CT molecular complexity index is 585. The molecule has 0 radical (unpaired) electrons. The predicted molar refractivity (Wildman–Crippen MR) is 55.6 cm³/mol. The largest absolute Gasteiger partial charge is 0.506 e. The van der Waals surface area contributed by atoms with Gasteiger partial charge in [0.25, 0.3) is 0 Å². The molecular formula is C11H5FN4O. The first-order valence-electron chi connectivity index (χ1n) is 4.32. The molecule has 0 spiro atoms. The Morgan fingerprint density at radius 2 is 1.82 bits per heavy atom. The van der Waals surface area contributed by atoms with Crippen LogP contribution in [0.4, 0.5) is 10.1 Å². The van der Waals surface area contributed by atoms with Crippen LogP contribution in [0, 0.1) is 39.8 Å². The van der Waals surface area contributed by atoms with E-state index >= 15 is 0 Å². The van der Waals surface area contributed by atoms with Gasteiger partial charge in [0.15, 0.2) is 5.57 Å². The average molecular weight is 228 g/mol. The van der Waals surface area contributed by atoms with Gasteiger partial charge >= 0.3 is 0 Å². The molecule has 2 N–H and O–H groups in total. The monoisotopic (exact) mass is 228 g/mol. The fraction of sp³-hybridized carbons (Fsp3) is 0. The molecule has 0 heterocycles. The highest BCUT2D eigenvalue weighted by atomic mass is 19.1. The van der Waals surface area contributed by atoms with Gasteiger partial charge in [0, 0.05) is 6.07 Å². The average Bonchev–Trinajstić information content (AvgIpc) is 2.32. The summed E-state index contributed by atoms with van der Waals surface area (Å²) in [7, 11) is 0. The first-order valence-corrected chi connectivity index (χ1v) is 4.32. The quantitative estimate of drug-likeness (QED) is 0.593. The summed E-state index contributed by atoms with van der Waals surface area (Å²) in [5, 5.41) is 37.6.